The highest BCUT2D eigenvalue weighted by atomic mass is 16.1. The topological polar surface area (TPSA) is 59.0 Å². The van der Waals surface area contributed by atoms with Gasteiger partial charge in [0.15, 0.2) is 0 Å². The van der Waals surface area contributed by atoms with Crippen LogP contribution in [0.2, 0.25) is 0 Å². The monoisotopic (exact) mass is 222 g/mol. The fourth-order valence-electron chi connectivity index (χ4n) is 1.49. The van der Waals surface area contributed by atoms with Crippen molar-refractivity contribution < 1.29 is 4.79 Å². The Morgan fingerprint density at radius 1 is 1.62 bits per heavy atom. The quantitative estimate of drug-likeness (QED) is 0.715. The van der Waals surface area contributed by atoms with E-state index in [1.165, 1.54) is 12.8 Å². The summed E-state index contributed by atoms with van der Waals surface area (Å²) in [6, 6.07) is 0.583. The second-order valence-electron chi connectivity index (χ2n) is 4.29. The van der Waals surface area contributed by atoms with E-state index in [2.05, 4.69) is 15.7 Å². The summed E-state index contributed by atoms with van der Waals surface area (Å²) < 4.78 is 1.84. The van der Waals surface area contributed by atoms with Crippen LogP contribution in [0, 0.1) is 6.92 Å². The summed E-state index contributed by atoms with van der Waals surface area (Å²) in [5.41, 5.74) is 1.14. The van der Waals surface area contributed by atoms with Crippen LogP contribution in [-0.4, -0.2) is 34.8 Å². The predicted molar refractivity (Wildman–Crippen MR) is 61.0 cm³/mol. The Morgan fingerprint density at radius 2 is 2.44 bits per heavy atom. The molecule has 0 atom stereocenters. The van der Waals surface area contributed by atoms with Crippen LogP contribution in [-0.2, 0) is 11.3 Å². The second-order valence-corrected chi connectivity index (χ2v) is 4.29. The number of aryl methyl sites for hydroxylation is 1. The Balaban J connectivity index is 1.57. The molecule has 5 nitrogen and oxygen atoms in total. The molecule has 1 aliphatic carbocycles. The van der Waals surface area contributed by atoms with Crippen LogP contribution in [0.1, 0.15) is 18.4 Å². The summed E-state index contributed by atoms with van der Waals surface area (Å²) in [6.45, 7) is 3.79. The van der Waals surface area contributed by atoms with Crippen molar-refractivity contribution in [2.24, 2.45) is 0 Å². The first-order valence-corrected chi connectivity index (χ1v) is 5.73. The minimum atomic E-state index is 0.0655. The minimum absolute atomic E-state index is 0.0655. The molecule has 1 aromatic rings. The van der Waals surface area contributed by atoms with E-state index in [-0.39, 0.29) is 5.91 Å². The van der Waals surface area contributed by atoms with E-state index in [4.69, 9.17) is 0 Å². The first-order valence-electron chi connectivity index (χ1n) is 5.73. The molecular formula is C11H18N4O. The second kappa shape index (κ2) is 5.12. The van der Waals surface area contributed by atoms with Crippen molar-refractivity contribution in [1.82, 2.24) is 20.4 Å². The molecule has 16 heavy (non-hydrogen) atoms. The van der Waals surface area contributed by atoms with E-state index in [1.54, 1.807) is 0 Å². The summed E-state index contributed by atoms with van der Waals surface area (Å²) in [6.07, 6.45) is 6.20. The highest BCUT2D eigenvalue weighted by Crippen LogP contribution is 2.17. The molecule has 0 saturated heterocycles. The van der Waals surface area contributed by atoms with Gasteiger partial charge in [0.05, 0.1) is 19.3 Å². The van der Waals surface area contributed by atoms with Gasteiger partial charge in [-0.15, -0.1) is 0 Å². The highest BCUT2D eigenvalue weighted by Gasteiger charge is 2.20. The van der Waals surface area contributed by atoms with Crippen LogP contribution in [0.15, 0.2) is 12.4 Å². The summed E-state index contributed by atoms with van der Waals surface area (Å²) in [7, 11) is 0. The lowest BCUT2D eigenvalue weighted by molar-refractivity contribution is -0.120. The number of nitrogens with one attached hydrogen (secondary N) is 2. The maximum Gasteiger partial charge on any atom is 0.234 e. The smallest absolute Gasteiger partial charge is 0.234 e. The Hall–Kier alpha value is -1.36. The lowest BCUT2D eigenvalue weighted by atomic mass is 10.4. The largest absolute Gasteiger partial charge is 0.353 e. The van der Waals surface area contributed by atoms with Gasteiger partial charge in [-0.2, -0.15) is 5.10 Å². The number of carbonyl (C=O) groups excluding carboxylic acids is 1. The van der Waals surface area contributed by atoms with Gasteiger partial charge >= 0.3 is 0 Å². The van der Waals surface area contributed by atoms with Crippen molar-refractivity contribution in [2.45, 2.75) is 32.4 Å². The third kappa shape index (κ3) is 3.66. The first kappa shape index (κ1) is 11.1. The molecule has 0 bridgehead atoms. The molecule has 88 valence electrons. The van der Waals surface area contributed by atoms with E-state index in [0.29, 0.717) is 19.1 Å². The molecule has 1 aliphatic rings. The van der Waals surface area contributed by atoms with Crippen molar-refractivity contribution in [3.63, 3.8) is 0 Å². The maximum absolute atomic E-state index is 11.4. The van der Waals surface area contributed by atoms with Crippen LogP contribution < -0.4 is 10.6 Å². The van der Waals surface area contributed by atoms with Crippen LogP contribution in [0.4, 0.5) is 0 Å². The minimum Gasteiger partial charge on any atom is -0.353 e. The van der Waals surface area contributed by atoms with Gasteiger partial charge in [-0.3, -0.25) is 9.48 Å². The summed E-state index contributed by atoms with van der Waals surface area (Å²) in [5, 5.41) is 10.2. The summed E-state index contributed by atoms with van der Waals surface area (Å²) >= 11 is 0. The van der Waals surface area contributed by atoms with E-state index in [1.807, 2.05) is 24.0 Å². The van der Waals surface area contributed by atoms with Crippen molar-refractivity contribution >= 4 is 5.91 Å². The van der Waals surface area contributed by atoms with Gasteiger partial charge in [-0.25, -0.2) is 0 Å². The van der Waals surface area contributed by atoms with Crippen molar-refractivity contribution in [1.29, 1.82) is 0 Å². The molecule has 1 aromatic heterocycles. The molecule has 1 amide bonds. The molecule has 1 fully saturated rings. The summed E-state index contributed by atoms with van der Waals surface area (Å²) in [5.74, 6) is 0.0655. The van der Waals surface area contributed by atoms with Gasteiger partial charge in [-0.05, 0) is 25.3 Å². The normalized spacial score (nSPS) is 15.1. The number of hydrogen-bond acceptors (Lipinski definition) is 3. The first-order chi connectivity index (χ1) is 7.74. The number of amides is 1. The zero-order valence-corrected chi connectivity index (χ0v) is 9.57. The fourth-order valence-corrected chi connectivity index (χ4v) is 1.49. The van der Waals surface area contributed by atoms with Crippen molar-refractivity contribution in [3.05, 3.63) is 18.0 Å². The van der Waals surface area contributed by atoms with Gasteiger partial charge in [-0.1, -0.05) is 0 Å². The SMILES string of the molecule is Cc1cnn(CCNC(=O)CNC2CC2)c1. The number of aromatic nitrogens is 2. The number of hydrogen-bond donors (Lipinski definition) is 2. The zero-order chi connectivity index (χ0) is 11.4. The molecular weight excluding hydrogens is 204 g/mol. The lowest BCUT2D eigenvalue weighted by Crippen LogP contribution is -2.36. The highest BCUT2D eigenvalue weighted by molar-refractivity contribution is 5.77. The van der Waals surface area contributed by atoms with Gasteiger partial charge < -0.3 is 10.6 Å². The van der Waals surface area contributed by atoms with Gasteiger partial charge in [0.2, 0.25) is 5.91 Å². The van der Waals surface area contributed by atoms with Gasteiger partial charge in [0.1, 0.15) is 0 Å². The molecule has 0 aromatic carbocycles. The van der Waals surface area contributed by atoms with E-state index >= 15 is 0 Å². The number of rotatable bonds is 6. The van der Waals surface area contributed by atoms with Crippen molar-refractivity contribution in [2.75, 3.05) is 13.1 Å². The average Bonchev–Trinajstić information content (AvgIpc) is 2.99. The van der Waals surface area contributed by atoms with Gasteiger partial charge in [0.25, 0.3) is 0 Å². The Labute approximate surface area is 95.2 Å². The van der Waals surface area contributed by atoms with E-state index in [0.717, 1.165) is 12.1 Å². The predicted octanol–water partition coefficient (Wildman–Crippen LogP) is 0.0597. The standard InChI is InChI=1S/C11H18N4O/c1-9-6-14-15(8-9)5-4-12-11(16)7-13-10-2-3-10/h6,8,10,13H,2-5,7H2,1H3,(H,12,16). The molecule has 0 aliphatic heterocycles. The van der Waals surface area contributed by atoms with Crippen LogP contribution >= 0.6 is 0 Å². The van der Waals surface area contributed by atoms with Crippen molar-refractivity contribution in [3.8, 4) is 0 Å². The Morgan fingerprint density at radius 3 is 3.06 bits per heavy atom. The number of nitrogens with zero attached hydrogens (tertiary/aromatic N) is 2. The molecule has 2 N–H and O–H groups in total. The molecule has 1 saturated carbocycles. The Bertz CT molecular complexity index is 357. The third-order valence-electron chi connectivity index (χ3n) is 2.55. The number of carbonyl (C=O) groups is 1. The van der Waals surface area contributed by atoms with Gasteiger partial charge in [0, 0.05) is 18.8 Å². The van der Waals surface area contributed by atoms with E-state index < -0.39 is 0 Å². The fraction of sp³-hybridized carbons (Fsp3) is 0.636. The van der Waals surface area contributed by atoms with Crippen LogP contribution in [0.5, 0.6) is 0 Å². The van der Waals surface area contributed by atoms with Crippen LogP contribution in [0.25, 0.3) is 0 Å². The molecule has 0 radical (unpaired) electrons. The third-order valence-corrected chi connectivity index (χ3v) is 2.55. The zero-order valence-electron chi connectivity index (χ0n) is 9.57. The lowest BCUT2D eigenvalue weighted by Gasteiger charge is -2.05. The Kier molecular flexibility index (Phi) is 3.56. The van der Waals surface area contributed by atoms with Crippen LogP contribution in [0.3, 0.4) is 0 Å². The summed E-state index contributed by atoms with van der Waals surface area (Å²) in [4.78, 5) is 11.4. The maximum atomic E-state index is 11.4. The van der Waals surface area contributed by atoms with E-state index in [9.17, 15) is 4.79 Å². The molecule has 0 spiro atoms. The molecule has 2 rings (SSSR count). The molecule has 1 heterocycles. The average molecular weight is 222 g/mol. The molecule has 5 heteroatoms. The molecule has 0 unspecified atom stereocenters.